The maximum atomic E-state index is 6.17. The van der Waals surface area contributed by atoms with Crippen LogP contribution >= 0.6 is 23.2 Å². The number of furan rings is 1. The summed E-state index contributed by atoms with van der Waals surface area (Å²) in [5.74, 6) is 0.725. The Balaban J connectivity index is 1.90. The monoisotopic (exact) mass is 321 g/mol. The molecule has 21 heavy (non-hydrogen) atoms. The lowest BCUT2D eigenvalue weighted by atomic mass is 10.1. The van der Waals surface area contributed by atoms with Crippen molar-refractivity contribution in [2.75, 3.05) is 12.4 Å². The van der Waals surface area contributed by atoms with Crippen LogP contribution in [0.3, 0.4) is 0 Å². The average molecular weight is 322 g/mol. The summed E-state index contributed by atoms with van der Waals surface area (Å²) in [6.07, 6.45) is 0. The van der Waals surface area contributed by atoms with Crippen molar-refractivity contribution in [3.63, 3.8) is 0 Å². The summed E-state index contributed by atoms with van der Waals surface area (Å²) in [6.45, 7) is 0.520. The van der Waals surface area contributed by atoms with Gasteiger partial charge >= 0.3 is 0 Å². The van der Waals surface area contributed by atoms with Crippen molar-refractivity contribution < 1.29 is 9.15 Å². The summed E-state index contributed by atoms with van der Waals surface area (Å²) in [5.41, 5.74) is 2.50. The van der Waals surface area contributed by atoms with E-state index in [4.69, 9.17) is 32.4 Å². The number of hydrogen-bond acceptors (Lipinski definition) is 3. The summed E-state index contributed by atoms with van der Waals surface area (Å²) in [6, 6.07) is 13.2. The zero-order chi connectivity index (χ0) is 14.8. The van der Waals surface area contributed by atoms with E-state index in [1.165, 1.54) is 0 Å². The van der Waals surface area contributed by atoms with Gasteiger partial charge in [-0.1, -0.05) is 29.8 Å². The SMILES string of the molecule is COc1ccc(Cl)cc1NCc1c(Cl)oc2ccccc12. The van der Waals surface area contributed by atoms with Gasteiger partial charge in [-0.2, -0.15) is 0 Å². The highest BCUT2D eigenvalue weighted by atomic mass is 35.5. The summed E-state index contributed by atoms with van der Waals surface area (Å²) < 4.78 is 10.8. The molecule has 5 heteroatoms. The van der Waals surface area contributed by atoms with Crippen LogP contribution in [0.2, 0.25) is 10.2 Å². The molecule has 1 aromatic heterocycles. The van der Waals surface area contributed by atoms with Gasteiger partial charge in [-0.25, -0.2) is 0 Å². The first kappa shape index (κ1) is 14.1. The minimum absolute atomic E-state index is 0.393. The maximum Gasteiger partial charge on any atom is 0.199 e. The van der Waals surface area contributed by atoms with Crippen molar-refractivity contribution in [1.82, 2.24) is 0 Å². The minimum Gasteiger partial charge on any atom is -0.495 e. The van der Waals surface area contributed by atoms with Gasteiger partial charge in [0.15, 0.2) is 5.22 Å². The molecule has 0 atom stereocenters. The van der Waals surface area contributed by atoms with Crippen LogP contribution in [0.25, 0.3) is 11.0 Å². The van der Waals surface area contributed by atoms with E-state index in [1.54, 1.807) is 13.2 Å². The number of halogens is 2. The molecule has 1 N–H and O–H groups in total. The Morgan fingerprint density at radius 2 is 1.95 bits per heavy atom. The van der Waals surface area contributed by atoms with Crippen molar-refractivity contribution in [3.8, 4) is 5.75 Å². The van der Waals surface area contributed by atoms with E-state index in [0.29, 0.717) is 16.8 Å². The molecule has 108 valence electrons. The molecule has 3 nitrogen and oxygen atoms in total. The predicted octanol–water partition coefficient (Wildman–Crippen LogP) is 5.36. The van der Waals surface area contributed by atoms with Crippen LogP contribution < -0.4 is 10.1 Å². The summed E-state index contributed by atoms with van der Waals surface area (Å²) in [5, 5.41) is 5.32. The highest BCUT2D eigenvalue weighted by molar-refractivity contribution is 6.31. The molecule has 0 spiro atoms. The molecule has 0 fully saturated rings. The fourth-order valence-electron chi connectivity index (χ4n) is 2.24. The average Bonchev–Trinajstić information content (AvgIpc) is 2.81. The Bertz CT molecular complexity index is 783. The third-order valence-corrected chi connectivity index (χ3v) is 3.81. The Morgan fingerprint density at radius 1 is 1.14 bits per heavy atom. The van der Waals surface area contributed by atoms with Crippen molar-refractivity contribution >= 4 is 39.9 Å². The fraction of sp³-hybridized carbons (Fsp3) is 0.125. The summed E-state index contributed by atoms with van der Waals surface area (Å²) in [4.78, 5) is 0. The number of nitrogens with one attached hydrogen (secondary N) is 1. The quantitative estimate of drug-likeness (QED) is 0.702. The van der Waals surface area contributed by atoms with Gasteiger partial charge in [0.1, 0.15) is 11.3 Å². The van der Waals surface area contributed by atoms with Crippen molar-refractivity contribution in [2.24, 2.45) is 0 Å². The zero-order valence-corrected chi connectivity index (χ0v) is 12.8. The standard InChI is InChI=1S/C16H13Cl2NO2/c1-20-15-7-6-10(17)8-13(15)19-9-12-11-4-2-3-5-14(11)21-16(12)18/h2-8,19H,9H2,1H3. The summed E-state index contributed by atoms with van der Waals surface area (Å²) in [7, 11) is 1.62. The second-order valence-electron chi connectivity index (χ2n) is 4.55. The normalized spacial score (nSPS) is 10.8. The van der Waals surface area contributed by atoms with Gasteiger partial charge in [0.2, 0.25) is 0 Å². The van der Waals surface area contributed by atoms with Crippen LogP contribution in [-0.2, 0) is 6.54 Å². The van der Waals surface area contributed by atoms with Crippen LogP contribution in [0.1, 0.15) is 5.56 Å². The van der Waals surface area contributed by atoms with E-state index in [9.17, 15) is 0 Å². The topological polar surface area (TPSA) is 34.4 Å². The van der Waals surface area contributed by atoms with Gasteiger partial charge in [-0.15, -0.1) is 0 Å². The lowest BCUT2D eigenvalue weighted by molar-refractivity contribution is 0.416. The zero-order valence-electron chi connectivity index (χ0n) is 11.3. The number of anilines is 1. The van der Waals surface area contributed by atoms with Crippen LogP contribution in [0.5, 0.6) is 5.75 Å². The molecule has 0 radical (unpaired) electrons. The van der Waals surface area contributed by atoms with Crippen molar-refractivity contribution in [1.29, 1.82) is 0 Å². The van der Waals surface area contributed by atoms with Gasteiger partial charge in [0.05, 0.1) is 12.8 Å². The van der Waals surface area contributed by atoms with E-state index in [2.05, 4.69) is 5.32 Å². The van der Waals surface area contributed by atoms with E-state index in [1.807, 2.05) is 36.4 Å². The lowest BCUT2D eigenvalue weighted by Crippen LogP contribution is -2.01. The first-order chi connectivity index (χ1) is 10.2. The van der Waals surface area contributed by atoms with Crippen molar-refractivity contribution in [3.05, 3.63) is 58.3 Å². The van der Waals surface area contributed by atoms with E-state index >= 15 is 0 Å². The van der Waals surface area contributed by atoms with E-state index in [0.717, 1.165) is 28.0 Å². The van der Waals surface area contributed by atoms with Crippen LogP contribution in [0.15, 0.2) is 46.9 Å². The third kappa shape index (κ3) is 2.80. The van der Waals surface area contributed by atoms with Gasteiger partial charge in [0, 0.05) is 22.5 Å². The summed E-state index contributed by atoms with van der Waals surface area (Å²) >= 11 is 12.2. The molecule has 0 aliphatic heterocycles. The molecule has 1 heterocycles. The molecular formula is C16H13Cl2NO2. The first-order valence-electron chi connectivity index (χ1n) is 6.42. The molecule has 0 aliphatic carbocycles. The lowest BCUT2D eigenvalue weighted by Gasteiger charge is -2.11. The molecule has 0 unspecified atom stereocenters. The highest BCUT2D eigenvalue weighted by Crippen LogP contribution is 2.32. The van der Waals surface area contributed by atoms with Gasteiger partial charge < -0.3 is 14.5 Å². The Morgan fingerprint density at radius 3 is 2.76 bits per heavy atom. The largest absolute Gasteiger partial charge is 0.495 e. The molecule has 3 aromatic rings. The van der Waals surface area contributed by atoms with Crippen molar-refractivity contribution in [2.45, 2.75) is 6.54 Å². The molecule has 2 aromatic carbocycles. The number of ether oxygens (including phenoxy) is 1. The van der Waals surface area contributed by atoms with Gasteiger partial charge in [0.25, 0.3) is 0 Å². The number of hydrogen-bond donors (Lipinski definition) is 1. The number of benzene rings is 2. The Kier molecular flexibility index (Phi) is 3.95. The molecule has 0 aliphatic rings. The van der Waals surface area contributed by atoms with Gasteiger partial charge in [-0.3, -0.25) is 0 Å². The van der Waals surface area contributed by atoms with E-state index in [-0.39, 0.29) is 0 Å². The number of rotatable bonds is 4. The van der Waals surface area contributed by atoms with Gasteiger partial charge in [-0.05, 0) is 35.9 Å². The molecule has 0 amide bonds. The van der Waals surface area contributed by atoms with Crippen LogP contribution in [0.4, 0.5) is 5.69 Å². The molecule has 3 rings (SSSR count). The second kappa shape index (κ2) is 5.88. The molecule has 0 bridgehead atoms. The number of methoxy groups -OCH3 is 1. The smallest absolute Gasteiger partial charge is 0.199 e. The minimum atomic E-state index is 0.393. The maximum absolute atomic E-state index is 6.17. The second-order valence-corrected chi connectivity index (χ2v) is 5.33. The molecule has 0 saturated heterocycles. The van der Waals surface area contributed by atoms with Crippen LogP contribution in [0, 0.1) is 0 Å². The Hall–Kier alpha value is -1.84. The highest BCUT2D eigenvalue weighted by Gasteiger charge is 2.12. The molecular weight excluding hydrogens is 309 g/mol. The fourth-order valence-corrected chi connectivity index (χ4v) is 2.66. The predicted molar refractivity (Wildman–Crippen MR) is 86.6 cm³/mol. The Labute approximate surface area is 132 Å². The molecule has 0 saturated carbocycles. The number of fused-ring (bicyclic) bond motifs is 1. The first-order valence-corrected chi connectivity index (χ1v) is 7.18. The number of para-hydroxylation sites is 1. The van der Waals surface area contributed by atoms with E-state index < -0.39 is 0 Å². The van der Waals surface area contributed by atoms with Crippen LogP contribution in [-0.4, -0.2) is 7.11 Å². The third-order valence-electron chi connectivity index (χ3n) is 3.27.